The minimum atomic E-state index is 0.655. The topological polar surface area (TPSA) is 69.4 Å². The largest absolute Gasteiger partial charge is 0.387 e. The number of nitrogens with zero attached hydrogens (tertiary/aromatic N) is 2. The maximum atomic E-state index is 6.16. The molecule has 3 N–H and O–H groups in total. The van der Waals surface area contributed by atoms with Gasteiger partial charge in [0, 0.05) is 36.8 Å². The Balaban J connectivity index is 2.36. The average Bonchev–Trinajstić information content (AvgIpc) is 2.98. The lowest BCUT2D eigenvalue weighted by atomic mass is 10.1. The Morgan fingerprint density at radius 1 is 1.29 bits per heavy atom. The first-order valence-corrected chi connectivity index (χ1v) is 5.51. The van der Waals surface area contributed by atoms with Gasteiger partial charge >= 0.3 is 0 Å². The normalized spacial score (nSPS) is 10.9. The fourth-order valence-electron chi connectivity index (χ4n) is 1.93. The van der Waals surface area contributed by atoms with Crippen molar-refractivity contribution in [3.05, 3.63) is 29.8 Å². The molecular weight excluding hydrogens is 238 g/mol. The van der Waals surface area contributed by atoms with Crippen molar-refractivity contribution in [2.45, 2.75) is 0 Å². The number of halogens is 1. The highest BCUT2D eigenvalue weighted by Crippen LogP contribution is 2.36. The zero-order chi connectivity index (χ0) is 11.8. The first-order valence-electron chi connectivity index (χ1n) is 5.13. The highest BCUT2D eigenvalue weighted by atomic mass is 35.5. The molecule has 0 atom stereocenters. The van der Waals surface area contributed by atoms with Crippen molar-refractivity contribution < 1.29 is 0 Å². The van der Waals surface area contributed by atoms with Gasteiger partial charge in [-0.1, -0.05) is 11.6 Å². The number of aromatic amines is 2. The molecule has 3 aromatic heterocycles. The Hall–Kier alpha value is -2.01. The van der Waals surface area contributed by atoms with Crippen molar-refractivity contribution in [2.75, 3.05) is 12.4 Å². The fraction of sp³-hybridized carbons (Fsp3) is 0.0909. The quantitative estimate of drug-likeness (QED) is 0.652. The first-order chi connectivity index (χ1) is 8.31. The number of hydrogen-bond acceptors (Lipinski definition) is 3. The second kappa shape index (κ2) is 3.78. The molecule has 0 spiro atoms. The van der Waals surface area contributed by atoms with E-state index in [1.54, 1.807) is 18.6 Å². The number of hydrogen-bond donors (Lipinski definition) is 3. The molecule has 0 saturated heterocycles. The number of rotatable bonds is 2. The van der Waals surface area contributed by atoms with E-state index in [2.05, 4.69) is 25.5 Å². The maximum absolute atomic E-state index is 6.16. The van der Waals surface area contributed by atoms with E-state index in [9.17, 15) is 0 Å². The van der Waals surface area contributed by atoms with E-state index in [1.807, 2.05) is 13.2 Å². The van der Waals surface area contributed by atoms with Gasteiger partial charge in [0.1, 0.15) is 5.65 Å². The van der Waals surface area contributed by atoms with E-state index in [0.29, 0.717) is 5.02 Å². The molecule has 3 heterocycles. The van der Waals surface area contributed by atoms with Gasteiger partial charge in [0.15, 0.2) is 0 Å². The van der Waals surface area contributed by atoms with E-state index in [0.717, 1.165) is 27.8 Å². The Morgan fingerprint density at radius 3 is 2.88 bits per heavy atom. The maximum Gasteiger partial charge on any atom is 0.140 e. The van der Waals surface area contributed by atoms with E-state index in [4.69, 9.17) is 11.6 Å². The lowest BCUT2D eigenvalue weighted by Gasteiger charge is -2.08. The SMILES string of the molecule is CNc1c(-c2cn[nH]c2)cnc2[nH]cc(Cl)c12. The lowest BCUT2D eigenvalue weighted by molar-refractivity contribution is 1.09. The molecule has 5 nitrogen and oxygen atoms in total. The van der Waals surface area contributed by atoms with Gasteiger partial charge in [-0.25, -0.2) is 4.98 Å². The molecule has 0 aromatic carbocycles. The van der Waals surface area contributed by atoms with Gasteiger partial charge in [-0.15, -0.1) is 0 Å². The predicted octanol–water partition coefficient (Wildman–Crippen LogP) is 2.65. The van der Waals surface area contributed by atoms with E-state index in [-0.39, 0.29) is 0 Å². The van der Waals surface area contributed by atoms with Gasteiger partial charge < -0.3 is 10.3 Å². The summed E-state index contributed by atoms with van der Waals surface area (Å²) >= 11 is 6.16. The predicted molar refractivity (Wildman–Crippen MR) is 68.2 cm³/mol. The van der Waals surface area contributed by atoms with Crippen LogP contribution in [0.15, 0.2) is 24.8 Å². The number of pyridine rings is 1. The van der Waals surface area contributed by atoms with Crippen molar-refractivity contribution in [1.29, 1.82) is 0 Å². The molecule has 17 heavy (non-hydrogen) atoms. The monoisotopic (exact) mass is 247 g/mol. The molecule has 86 valence electrons. The summed E-state index contributed by atoms with van der Waals surface area (Å²) in [6, 6.07) is 0. The summed E-state index contributed by atoms with van der Waals surface area (Å²) in [5, 5.41) is 11.5. The third kappa shape index (κ3) is 1.47. The van der Waals surface area contributed by atoms with Crippen LogP contribution in [-0.2, 0) is 0 Å². The number of anilines is 1. The van der Waals surface area contributed by atoms with Crippen LogP contribution in [0.25, 0.3) is 22.2 Å². The zero-order valence-electron chi connectivity index (χ0n) is 9.08. The van der Waals surface area contributed by atoms with Crippen molar-refractivity contribution in [1.82, 2.24) is 20.2 Å². The lowest BCUT2D eigenvalue weighted by Crippen LogP contribution is -1.94. The third-order valence-corrected chi connectivity index (χ3v) is 3.01. The summed E-state index contributed by atoms with van der Waals surface area (Å²) < 4.78 is 0. The molecule has 3 rings (SSSR count). The number of aromatic nitrogens is 4. The van der Waals surface area contributed by atoms with E-state index >= 15 is 0 Å². The number of fused-ring (bicyclic) bond motifs is 1. The summed E-state index contributed by atoms with van der Waals surface area (Å²) in [7, 11) is 1.86. The van der Waals surface area contributed by atoms with Crippen LogP contribution in [0.4, 0.5) is 5.69 Å². The molecule has 0 unspecified atom stereocenters. The smallest absolute Gasteiger partial charge is 0.140 e. The highest BCUT2D eigenvalue weighted by Gasteiger charge is 2.13. The molecule has 0 fully saturated rings. The minimum absolute atomic E-state index is 0.655. The third-order valence-electron chi connectivity index (χ3n) is 2.71. The minimum Gasteiger partial charge on any atom is -0.387 e. The molecule has 3 aromatic rings. The Bertz CT molecular complexity index is 656. The Morgan fingerprint density at radius 2 is 2.18 bits per heavy atom. The van der Waals surface area contributed by atoms with Crippen LogP contribution in [0.5, 0.6) is 0 Å². The van der Waals surface area contributed by atoms with Gasteiger partial charge in [0.2, 0.25) is 0 Å². The summed E-state index contributed by atoms with van der Waals surface area (Å²) in [5.74, 6) is 0. The average molecular weight is 248 g/mol. The second-order valence-corrected chi connectivity index (χ2v) is 4.05. The number of nitrogens with one attached hydrogen (secondary N) is 3. The van der Waals surface area contributed by atoms with E-state index in [1.165, 1.54) is 0 Å². The van der Waals surface area contributed by atoms with Crippen molar-refractivity contribution in [3.8, 4) is 11.1 Å². The highest BCUT2D eigenvalue weighted by molar-refractivity contribution is 6.36. The fourth-order valence-corrected chi connectivity index (χ4v) is 2.17. The first kappa shape index (κ1) is 10.2. The van der Waals surface area contributed by atoms with Crippen LogP contribution in [0.1, 0.15) is 0 Å². The second-order valence-electron chi connectivity index (χ2n) is 3.64. The van der Waals surface area contributed by atoms with Gasteiger partial charge in [-0.05, 0) is 0 Å². The summed E-state index contributed by atoms with van der Waals surface area (Å²) in [4.78, 5) is 7.37. The molecular formula is C11H10ClN5. The molecule has 0 aliphatic heterocycles. The summed E-state index contributed by atoms with van der Waals surface area (Å²) in [5.41, 5.74) is 3.66. The van der Waals surface area contributed by atoms with Crippen molar-refractivity contribution >= 4 is 28.3 Å². The van der Waals surface area contributed by atoms with Crippen LogP contribution in [0, 0.1) is 0 Å². The van der Waals surface area contributed by atoms with Gasteiger partial charge in [0.25, 0.3) is 0 Å². The molecule has 0 saturated carbocycles. The summed E-state index contributed by atoms with van der Waals surface area (Å²) in [6.07, 6.45) is 7.11. The van der Waals surface area contributed by atoms with Crippen LogP contribution < -0.4 is 5.32 Å². The van der Waals surface area contributed by atoms with Crippen LogP contribution in [0.3, 0.4) is 0 Å². The molecule has 0 aliphatic carbocycles. The summed E-state index contributed by atoms with van der Waals surface area (Å²) in [6.45, 7) is 0. The van der Waals surface area contributed by atoms with Crippen molar-refractivity contribution in [2.24, 2.45) is 0 Å². The standard InChI is InChI=1S/C11H10ClN5/c1-13-10-7(6-2-16-17-3-6)4-14-11-9(10)8(12)5-15-11/h2-5H,1H3,(H,16,17)(H2,13,14,15). The Labute approximate surface area is 102 Å². The molecule has 0 amide bonds. The van der Waals surface area contributed by atoms with Crippen LogP contribution in [0.2, 0.25) is 5.02 Å². The zero-order valence-corrected chi connectivity index (χ0v) is 9.84. The molecule has 0 radical (unpaired) electrons. The molecule has 0 aliphatic rings. The molecule has 6 heteroatoms. The van der Waals surface area contributed by atoms with Gasteiger partial charge in [-0.2, -0.15) is 5.10 Å². The van der Waals surface area contributed by atoms with Crippen molar-refractivity contribution in [3.63, 3.8) is 0 Å². The van der Waals surface area contributed by atoms with Gasteiger partial charge in [0.05, 0.1) is 22.3 Å². The molecule has 0 bridgehead atoms. The van der Waals surface area contributed by atoms with Gasteiger partial charge in [-0.3, -0.25) is 5.10 Å². The van der Waals surface area contributed by atoms with Crippen LogP contribution >= 0.6 is 11.6 Å². The van der Waals surface area contributed by atoms with E-state index < -0.39 is 0 Å². The van der Waals surface area contributed by atoms with Crippen LogP contribution in [-0.4, -0.2) is 27.2 Å². The Kier molecular flexibility index (Phi) is 2.26. The number of H-pyrrole nitrogens is 2.